The van der Waals surface area contributed by atoms with Crippen LogP contribution in [0.5, 0.6) is 0 Å². The summed E-state index contributed by atoms with van der Waals surface area (Å²) in [6.45, 7) is 8.47. The Hall–Kier alpha value is -2.82. The van der Waals surface area contributed by atoms with E-state index in [0.29, 0.717) is 12.1 Å². The predicted octanol–water partition coefficient (Wildman–Crippen LogP) is 4.41. The average Bonchev–Trinajstić information content (AvgIpc) is 2.73. The van der Waals surface area contributed by atoms with Gasteiger partial charge in [0.25, 0.3) is 5.91 Å². The molecule has 2 rings (SSSR count). The highest BCUT2D eigenvalue weighted by molar-refractivity contribution is 6.06. The number of benzene rings is 2. The van der Waals surface area contributed by atoms with Gasteiger partial charge in [-0.3, -0.25) is 9.59 Å². The first-order valence-electron chi connectivity index (χ1n) is 10.1. The van der Waals surface area contributed by atoms with Crippen molar-refractivity contribution in [2.24, 2.45) is 0 Å². The van der Waals surface area contributed by atoms with Crippen LogP contribution < -0.4 is 10.2 Å². The lowest BCUT2D eigenvalue weighted by atomic mass is 10.1. The summed E-state index contributed by atoms with van der Waals surface area (Å²) in [5, 5.41) is 3.17. The van der Waals surface area contributed by atoms with Crippen molar-refractivity contribution in [3.63, 3.8) is 0 Å². The van der Waals surface area contributed by atoms with E-state index < -0.39 is 0 Å². The number of carbonyl (C=O) groups is 2. The summed E-state index contributed by atoms with van der Waals surface area (Å²) in [6.07, 6.45) is 1.89. The second-order valence-electron chi connectivity index (χ2n) is 6.70. The van der Waals surface area contributed by atoms with E-state index >= 15 is 0 Å². The summed E-state index contributed by atoms with van der Waals surface area (Å²) in [5.74, 6) is 0.0298. The Bertz CT molecular complexity index is 755. The van der Waals surface area contributed by atoms with Crippen molar-refractivity contribution in [3.8, 4) is 0 Å². The molecule has 0 saturated heterocycles. The highest BCUT2D eigenvalue weighted by atomic mass is 16.2. The van der Waals surface area contributed by atoms with Crippen molar-refractivity contribution in [2.75, 3.05) is 36.4 Å². The number of hydrogen-bond acceptors (Lipinski definition) is 3. The minimum absolute atomic E-state index is 0.0535. The molecule has 1 N–H and O–H groups in total. The van der Waals surface area contributed by atoms with Gasteiger partial charge in [-0.05, 0) is 50.1 Å². The standard InChI is InChI=1S/C23H31N3O2/c1-4-15-25(16-5-2)22(27)18-24-20-12-10-11-19(17-20)23(28)26(6-3)21-13-8-7-9-14-21/h7-14,17,24H,4-6,15-16,18H2,1-3H3. The van der Waals surface area contributed by atoms with E-state index in [2.05, 4.69) is 19.2 Å². The second kappa shape index (κ2) is 11.1. The summed E-state index contributed by atoms with van der Waals surface area (Å²) in [5.41, 5.74) is 2.25. The monoisotopic (exact) mass is 381 g/mol. The van der Waals surface area contributed by atoms with Crippen LogP contribution in [-0.2, 0) is 4.79 Å². The molecule has 0 saturated carbocycles. The van der Waals surface area contributed by atoms with Gasteiger partial charge in [0, 0.05) is 36.6 Å². The molecular formula is C23H31N3O2. The largest absolute Gasteiger partial charge is 0.376 e. The molecule has 0 fully saturated rings. The number of carbonyl (C=O) groups excluding carboxylic acids is 2. The number of rotatable bonds is 10. The number of para-hydroxylation sites is 1. The van der Waals surface area contributed by atoms with Crippen molar-refractivity contribution < 1.29 is 9.59 Å². The first kappa shape index (κ1) is 21.5. The fourth-order valence-electron chi connectivity index (χ4n) is 3.16. The van der Waals surface area contributed by atoms with Crippen molar-refractivity contribution in [1.82, 2.24) is 4.90 Å². The summed E-state index contributed by atoms with van der Waals surface area (Å²) in [4.78, 5) is 29.0. The van der Waals surface area contributed by atoms with Crippen LogP contribution in [0.25, 0.3) is 0 Å². The van der Waals surface area contributed by atoms with Crippen LogP contribution in [0.1, 0.15) is 44.0 Å². The number of anilines is 2. The zero-order valence-corrected chi connectivity index (χ0v) is 17.1. The molecule has 150 valence electrons. The maximum Gasteiger partial charge on any atom is 0.258 e. The first-order chi connectivity index (χ1) is 13.6. The molecule has 2 aromatic rings. The molecule has 0 unspecified atom stereocenters. The number of amides is 2. The summed E-state index contributed by atoms with van der Waals surface area (Å²) >= 11 is 0. The topological polar surface area (TPSA) is 52.7 Å². The van der Waals surface area contributed by atoms with E-state index in [9.17, 15) is 9.59 Å². The molecule has 0 atom stereocenters. The quantitative estimate of drug-likeness (QED) is 0.663. The third kappa shape index (κ3) is 5.84. The van der Waals surface area contributed by atoms with Crippen molar-refractivity contribution >= 4 is 23.2 Å². The van der Waals surface area contributed by atoms with Crippen LogP contribution in [-0.4, -0.2) is 42.9 Å². The van der Waals surface area contributed by atoms with Crippen LogP contribution in [0.3, 0.4) is 0 Å². The lowest BCUT2D eigenvalue weighted by Crippen LogP contribution is -2.36. The molecule has 0 aliphatic heterocycles. The van der Waals surface area contributed by atoms with Crippen LogP contribution in [0.15, 0.2) is 54.6 Å². The highest BCUT2D eigenvalue weighted by Gasteiger charge is 2.16. The van der Waals surface area contributed by atoms with E-state index in [4.69, 9.17) is 0 Å². The molecule has 5 heteroatoms. The van der Waals surface area contributed by atoms with E-state index in [1.807, 2.05) is 60.4 Å². The van der Waals surface area contributed by atoms with Crippen molar-refractivity contribution in [3.05, 3.63) is 60.2 Å². The van der Waals surface area contributed by atoms with Gasteiger partial charge >= 0.3 is 0 Å². The van der Waals surface area contributed by atoms with Gasteiger partial charge in [0.2, 0.25) is 5.91 Å². The van der Waals surface area contributed by atoms with Gasteiger partial charge in [-0.2, -0.15) is 0 Å². The van der Waals surface area contributed by atoms with E-state index in [1.54, 1.807) is 11.0 Å². The third-order valence-corrected chi connectivity index (χ3v) is 4.52. The number of nitrogens with one attached hydrogen (secondary N) is 1. The molecule has 2 aromatic carbocycles. The van der Waals surface area contributed by atoms with Gasteiger partial charge in [-0.1, -0.05) is 38.1 Å². The lowest BCUT2D eigenvalue weighted by Gasteiger charge is -2.22. The smallest absolute Gasteiger partial charge is 0.258 e. The average molecular weight is 382 g/mol. The molecular weight excluding hydrogens is 350 g/mol. The zero-order chi connectivity index (χ0) is 20.4. The molecule has 0 spiro atoms. The Kier molecular flexibility index (Phi) is 8.53. The highest BCUT2D eigenvalue weighted by Crippen LogP contribution is 2.18. The van der Waals surface area contributed by atoms with Crippen LogP contribution in [0.4, 0.5) is 11.4 Å². The SMILES string of the molecule is CCCN(CCC)C(=O)CNc1cccc(C(=O)N(CC)c2ccccc2)c1. The minimum atomic E-state index is -0.0535. The van der Waals surface area contributed by atoms with Gasteiger partial charge in [-0.15, -0.1) is 0 Å². The summed E-state index contributed by atoms with van der Waals surface area (Å²) < 4.78 is 0. The molecule has 0 bridgehead atoms. The number of hydrogen-bond donors (Lipinski definition) is 1. The normalized spacial score (nSPS) is 10.4. The fraction of sp³-hybridized carbons (Fsp3) is 0.391. The van der Waals surface area contributed by atoms with Crippen molar-refractivity contribution in [2.45, 2.75) is 33.6 Å². The second-order valence-corrected chi connectivity index (χ2v) is 6.70. The Morgan fingerprint density at radius 3 is 2.18 bits per heavy atom. The Morgan fingerprint density at radius 2 is 1.57 bits per heavy atom. The molecule has 0 radical (unpaired) electrons. The van der Waals surface area contributed by atoms with Gasteiger partial charge in [0.05, 0.1) is 6.54 Å². The molecule has 0 aromatic heterocycles. The Balaban J connectivity index is 2.07. The maximum atomic E-state index is 13.0. The van der Waals surface area contributed by atoms with Gasteiger partial charge in [-0.25, -0.2) is 0 Å². The molecule has 2 amide bonds. The number of nitrogens with zero attached hydrogens (tertiary/aromatic N) is 2. The van der Waals surface area contributed by atoms with Crippen LogP contribution in [0, 0.1) is 0 Å². The van der Waals surface area contributed by atoms with Gasteiger partial charge in [0.1, 0.15) is 0 Å². The predicted molar refractivity (Wildman–Crippen MR) is 116 cm³/mol. The van der Waals surface area contributed by atoms with E-state index in [0.717, 1.165) is 37.3 Å². The van der Waals surface area contributed by atoms with Crippen LogP contribution >= 0.6 is 0 Å². The molecule has 0 aliphatic carbocycles. The van der Waals surface area contributed by atoms with Crippen molar-refractivity contribution in [1.29, 1.82) is 0 Å². The summed E-state index contributed by atoms with van der Waals surface area (Å²) in [6, 6.07) is 17.0. The molecule has 5 nitrogen and oxygen atoms in total. The fourth-order valence-corrected chi connectivity index (χ4v) is 3.16. The first-order valence-corrected chi connectivity index (χ1v) is 10.1. The van der Waals surface area contributed by atoms with Gasteiger partial charge < -0.3 is 15.1 Å². The van der Waals surface area contributed by atoms with E-state index in [-0.39, 0.29) is 18.4 Å². The molecule has 28 heavy (non-hydrogen) atoms. The molecule has 0 aliphatic rings. The van der Waals surface area contributed by atoms with Gasteiger partial charge in [0.15, 0.2) is 0 Å². The lowest BCUT2D eigenvalue weighted by molar-refractivity contribution is -0.129. The van der Waals surface area contributed by atoms with Crippen LogP contribution in [0.2, 0.25) is 0 Å². The zero-order valence-electron chi connectivity index (χ0n) is 17.1. The Morgan fingerprint density at radius 1 is 0.893 bits per heavy atom. The minimum Gasteiger partial charge on any atom is -0.376 e. The third-order valence-electron chi connectivity index (χ3n) is 4.52. The Labute approximate surface area is 168 Å². The molecule has 0 heterocycles. The summed E-state index contributed by atoms with van der Waals surface area (Å²) in [7, 11) is 0. The van der Waals surface area contributed by atoms with E-state index in [1.165, 1.54) is 0 Å². The maximum absolute atomic E-state index is 13.0.